The highest BCUT2D eigenvalue weighted by atomic mass is 16.5. The lowest BCUT2D eigenvalue weighted by molar-refractivity contribution is 0.280. The van der Waals surface area contributed by atoms with Gasteiger partial charge in [0.15, 0.2) is 0 Å². The van der Waals surface area contributed by atoms with E-state index in [2.05, 4.69) is 4.98 Å². The maximum Gasteiger partial charge on any atom is 0.251 e. The molecule has 1 aliphatic rings. The van der Waals surface area contributed by atoms with Gasteiger partial charge in [0, 0.05) is 18.2 Å². The minimum atomic E-state index is 0.0175. The Bertz CT molecular complexity index is 404. The third kappa shape index (κ3) is 1.37. The van der Waals surface area contributed by atoms with E-state index in [0.29, 0.717) is 0 Å². The van der Waals surface area contributed by atoms with Gasteiger partial charge in [-0.1, -0.05) is 0 Å². The van der Waals surface area contributed by atoms with Gasteiger partial charge in [0.1, 0.15) is 0 Å². The molecule has 0 fully saturated rings. The largest absolute Gasteiger partial charge is 0.501 e. The van der Waals surface area contributed by atoms with Crippen LogP contribution in [0.2, 0.25) is 0 Å². The van der Waals surface area contributed by atoms with Crippen LogP contribution < -0.4 is 5.56 Å². The van der Waals surface area contributed by atoms with E-state index in [9.17, 15) is 4.79 Å². The van der Waals surface area contributed by atoms with Crippen molar-refractivity contribution in [1.29, 1.82) is 0 Å². The van der Waals surface area contributed by atoms with Crippen LogP contribution >= 0.6 is 0 Å². The fraction of sp³-hybridized carbons (Fsp3) is 0.300. The molecule has 68 valence electrons. The van der Waals surface area contributed by atoms with Gasteiger partial charge in [-0.25, -0.2) is 0 Å². The molecule has 0 aliphatic heterocycles. The van der Waals surface area contributed by atoms with Crippen LogP contribution in [0.15, 0.2) is 22.8 Å². The molecule has 3 heteroatoms. The summed E-state index contributed by atoms with van der Waals surface area (Å²) in [6, 6.07) is 1.90. The molecule has 1 heterocycles. The van der Waals surface area contributed by atoms with Crippen LogP contribution in [0.1, 0.15) is 17.5 Å². The Morgan fingerprint density at radius 3 is 3.08 bits per heavy atom. The molecule has 0 bridgehead atoms. The number of nitrogens with one attached hydrogen (secondary N) is 1. The first-order chi connectivity index (χ1) is 6.31. The SMILES string of the molecule is COC1=Cc2cc[nH]c(=O)c2CC1. The van der Waals surface area contributed by atoms with Crippen molar-refractivity contribution >= 4 is 6.08 Å². The monoisotopic (exact) mass is 177 g/mol. The van der Waals surface area contributed by atoms with Crippen molar-refractivity contribution in [2.45, 2.75) is 12.8 Å². The molecule has 0 unspecified atom stereocenters. The van der Waals surface area contributed by atoms with Gasteiger partial charge in [-0.3, -0.25) is 4.79 Å². The molecule has 0 saturated heterocycles. The normalized spacial score (nSPS) is 14.7. The number of aromatic amines is 1. The van der Waals surface area contributed by atoms with Gasteiger partial charge in [-0.15, -0.1) is 0 Å². The molecule has 0 saturated carbocycles. The van der Waals surface area contributed by atoms with Crippen molar-refractivity contribution in [2.75, 3.05) is 7.11 Å². The van der Waals surface area contributed by atoms with Crippen molar-refractivity contribution in [3.63, 3.8) is 0 Å². The average molecular weight is 177 g/mol. The molecule has 1 N–H and O–H groups in total. The summed E-state index contributed by atoms with van der Waals surface area (Å²) in [6.07, 6.45) is 5.17. The molecule has 0 atom stereocenters. The highest BCUT2D eigenvalue weighted by molar-refractivity contribution is 5.57. The fourth-order valence-corrected chi connectivity index (χ4v) is 1.57. The highest BCUT2D eigenvalue weighted by Gasteiger charge is 2.12. The van der Waals surface area contributed by atoms with Crippen LogP contribution in [0.4, 0.5) is 0 Å². The number of allylic oxidation sites excluding steroid dienone is 1. The number of ether oxygens (including phenoxy) is 1. The second-order valence-electron chi connectivity index (χ2n) is 3.06. The number of hydrogen-bond acceptors (Lipinski definition) is 2. The Morgan fingerprint density at radius 2 is 2.31 bits per heavy atom. The van der Waals surface area contributed by atoms with E-state index >= 15 is 0 Å². The van der Waals surface area contributed by atoms with Gasteiger partial charge in [0.2, 0.25) is 0 Å². The number of aromatic nitrogens is 1. The number of pyridine rings is 1. The summed E-state index contributed by atoms with van der Waals surface area (Å²) in [5.41, 5.74) is 1.86. The fourth-order valence-electron chi connectivity index (χ4n) is 1.57. The summed E-state index contributed by atoms with van der Waals surface area (Å²) >= 11 is 0. The van der Waals surface area contributed by atoms with Crippen LogP contribution in [0, 0.1) is 0 Å². The van der Waals surface area contributed by atoms with E-state index in [1.165, 1.54) is 0 Å². The quantitative estimate of drug-likeness (QED) is 0.702. The zero-order chi connectivity index (χ0) is 9.26. The first-order valence-corrected chi connectivity index (χ1v) is 4.26. The minimum Gasteiger partial charge on any atom is -0.501 e. The molecule has 1 aromatic heterocycles. The summed E-state index contributed by atoms with van der Waals surface area (Å²) in [4.78, 5) is 14.0. The van der Waals surface area contributed by atoms with Gasteiger partial charge in [-0.05, 0) is 24.1 Å². The van der Waals surface area contributed by atoms with Crippen molar-refractivity contribution in [2.24, 2.45) is 0 Å². The molecule has 0 amide bonds. The Hall–Kier alpha value is -1.51. The average Bonchev–Trinajstić information content (AvgIpc) is 2.18. The van der Waals surface area contributed by atoms with Crippen molar-refractivity contribution in [3.8, 4) is 0 Å². The second-order valence-corrected chi connectivity index (χ2v) is 3.06. The standard InChI is InChI=1S/C10H11NO2/c1-13-8-2-3-9-7(6-8)4-5-11-10(9)12/h4-6H,2-3H2,1H3,(H,11,12). The van der Waals surface area contributed by atoms with E-state index < -0.39 is 0 Å². The van der Waals surface area contributed by atoms with E-state index in [1.54, 1.807) is 13.3 Å². The summed E-state index contributed by atoms with van der Waals surface area (Å²) in [5.74, 6) is 0.943. The highest BCUT2D eigenvalue weighted by Crippen LogP contribution is 2.20. The maximum atomic E-state index is 11.3. The lowest BCUT2D eigenvalue weighted by Crippen LogP contribution is -2.16. The lowest BCUT2D eigenvalue weighted by atomic mass is 9.98. The third-order valence-corrected chi connectivity index (χ3v) is 2.30. The molecular weight excluding hydrogens is 166 g/mol. The van der Waals surface area contributed by atoms with E-state index in [0.717, 1.165) is 29.7 Å². The van der Waals surface area contributed by atoms with Crippen LogP contribution in [-0.4, -0.2) is 12.1 Å². The number of fused-ring (bicyclic) bond motifs is 1. The van der Waals surface area contributed by atoms with Gasteiger partial charge in [-0.2, -0.15) is 0 Å². The van der Waals surface area contributed by atoms with Gasteiger partial charge in [0.25, 0.3) is 5.56 Å². The second kappa shape index (κ2) is 3.09. The maximum absolute atomic E-state index is 11.3. The first kappa shape index (κ1) is 8.10. The molecule has 0 radical (unpaired) electrons. The molecule has 3 nitrogen and oxygen atoms in total. The molecular formula is C10H11NO2. The third-order valence-electron chi connectivity index (χ3n) is 2.30. The van der Waals surface area contributed by atoms with E-state index in [1.807, 2.05) is 12.1 Å². The molecule has 0 spiro atoms. The van der Waals surface area contributed by atoms with Crippen molar-refractivity contribution in [3.05, 3.63) is 39.5 Å². The number of rotatable bonds is 1. The molecule has 13 heavy (non-hydrogen) atoms. The summed E-state index contributed by atoms with van der Waals surface area (Å²) in [6.45, 7) is 0. The van der Waals surface area contributed by atoms with Crippen molar-refractivity contribution < 1.29 is 4.74 Å². The lowest BCUT2D eigenvalue weighted by Gasteiger charge is -2.13. The van der Waals surface area contributed by atoms with Crippen LogP contribution in [0.25, 0.3) is 6.08 Å². The predicted molar refractivity (Wildman–Crippen MR) is 50.4 cm³/mol. The zero-order valence-electron chi connectivity index (χ0n) is 7.46. The Balaban J connectivity index is 2.54. The molecule has 0 aromatic carbocycles. The number of hydrogen-bond donors (Lipinski definition) is 1. The van der Waals surface area contributed by atoms with Crippen LogP contribution in [0.3, 0.4) is 0 Å². The van der Waals surface area contributed by atoms with Crippen LogP contribution in [-0.2, 0) is 11.2 Å². The predicted octanol–water partition coefficient (Wildman–Crippen LogP) is 1.31. The van der Waals surface area contributed by atoms with Gasteiger partial charge >= 0.3 is 0 Å². The van der Waals surface area contributed by atoms with Gasteiger partial charge in [0.05, 0.1) is 12.9 Å². The summed E-state index contributed by atoms with van der Waals surface area (Å²) < 4.78 is 5.14. The Labute approximate surface area is 76.1 Å². The van der Waals surface area contributed by atoms with Crippen molar-refractivity contribution in [1.82, 2.24) is 4.98 Å². The zero-order valence-corrected chi connectivity index (χ0v) is 7.46. The summed E-state index contributed by atoms with van der Waals surface area (Å²) in [5, 5.41) is 0. The topological polar surface area (TPSA) is 42.1 Å². The first-order valence-electron chi connectivity index (χ1n) is 4.26. The van der Waals surface area contributed by atoms with Gasteiger partial charge < -0.3 is 9.72 Å². The Kier molecular flexibility index (Phi) is 1.93. The number of methoxy groups -OCH3 is 1. The minimum absolute atomic E-state index is 0.0175. The van der Waals surface area contributed by atoms with Crippen LogP contribution in [0.5, 0.6) is 0 Å². The molecule has 2 rings (SSSR count). The number of H-pyrrole nitrogens is 1. The smallest absolute Gasteiger partial charge is 0.251 e. The van der Waals surface area contributed by atoms with E-state index in [4.69, 9.17) is 4.74 Å². The molecule has 1 aliphatic carbocycles. The Morgan fingerprint density at radius 1 is 1.46 bits per heavy atom. The summed E-state index contributed by atoms with van der Waals surface area (Å²) in [7, 11) is 1.66. The van der Waals surface area contributed by atoms with E-state index in [-0.39, 0.29) is 5.56 Å². The molecule has 1 aromatic rings.